The topological polar surface area (TPSA) is 92.9 Å². The lowest BCUT2D eigenvalue weighted by molar-refractivity contribution is -0.151. The highest BCUT2D eigenvalue weighted by Gasteiger charge is 2.27. The molecule has 100 valence electrons. The zero-order valence-electron chi connectivity index (χ0n) is 10.5. The molecule has 0 bridgehead atoms. The highest BCUT2D eigenvalue weighted by atomic mass is 16.5. The average molecular weight is 246 g/mol. The molecule has 0 spiro atoms. The molecule has 0 aliphatic carbocycles. The maximum absolute atomic E-state index is 11.8. The molecule has 0 radical (unpaired) electrons. The first kappa shape index (κ1) is 15.9. The molecule has 0 fully saturated rings. The van der Waals surface area contributed by atoms with Gasteiger partial charge >= 0.3 is 5.97 Å². The lowest BCUT2D eigenvalue weighted by atomic mass is 10.2. The zero-order chi connectivity index (χ0) is 13.3. The molecule has 0 aromatic rings. The van der Waals surface area contributed by atoms with Gasteiger partial charge in [-0.15, -0.1) is 0 Å². The number of amides is 1. The van der Waals surface area contributed by atoms with E-state index in [4.69, 9.17) is 10.8 Å². The summed E-state index contributed by atoms with van der Waals surface area (Å²) in [6, 6.07) is -1.29. The zero-order valence-corrected chi connectivity index (χ0v) is 10.5. The van der Waals surface area contributed by atoms with E-state index in [1.54, 1.807) is 6.92 Å². The van der Waals surface area contributed by atoms with Gasteiger partial charge in [-0.05, 0) is 13.3 Å². The van der Waals surface area contributed by atoms with Crippen LogP contribution in [-0.2, 0) is 14.3 Å². The standard InChI is InChI=1S/C11H22N2O4/c1-3-5-6-13(7-8-14)10(15)9(12)11(16)17-4-2/h9,14H,3-8,12H2,1-2H3. The number of carbonyl (C=O) groups is 2. The number of carbonyl (C=O) groups excluding carboxylic acids is 2. The van der Waals surface area contributed by atoms with Gasteiger partial charge in [0, 0.05) is 13.1 Å². The Labute approximate surface area is 102 Å². The van der Waals surface area contributed by atoms with Gasteiger partial charge < -0.3 is 20.5 Å². The van der Waals surface area contributed by atoms with Crippen LogP contribution in [0.5, 0.6) is 0 Å². The Morgan fingerprint density at radius 2 is 2.00 bits per heavy atom. The summed E-state index contributed by atoms with van der Waals surface area (Å²) < 4.78 is 4.68. The van der Waals surface area contributed by atoms with Crippen molar-refractivity contribution in [3.05, 3.63) is 0 Å². The predicted molar refractivity (Wildman–Crippen MR) is 63.2 cm³/mol. The van der Waals surface area contributed by atoms with Crippen LogP contribution in [0.3, 0.4) is 0 Å². The summed E-state index contributed by atoms with van der Waals surface area (Å²) in [5.74, 6) is -1.22. The smallest absolute Gasteiger partial charge is 0.332 e. The van der Waals surface area contributed by atoms with Crippen molar-refractivity contribution in [3.63, 3.8) is 0 Å². The van der Waals surface area contributed by atoms with Crippen molar-refractivity contribution in [2.45, 2.75) is 32.7 Å². The molecule has 0 aliphatic heterocycles. The highest BCUT2D eigenvalue weighted by molar-refractivity contribution is 6.01. The molecule has 1 atom stereocenters. The lowest BCUT2D eigenvalue weighted by Crippen LogP contribution is -2.50. The molecule has 6 nitrogen and oxygen atoms in total. The first-order chi connectivity index (χ1) is 8.08. The van der Waals surface area contributed by atoms with Crippen molar-refractivity contribution < 1.29 is 19.4 Å². The van der Waals surface area contributed by atoms with E-state index in [2.05, 4.69) is 4.74 Å². The number of ether oxygens (including phenoxy) is 1. The second-order valence-electron chi connectivity index (χ2n) is 3.63. The Balaban J connectivity index is 4.42. The number of rotatable bonds is 8. The van der Waals surface area contributed by atoms with Gasteiger partial charge in [-0.2, -0.15) is 0 Å². The van der Waals surface area contributed by atoms with E-state index < -0.39 is 17.9 Å². The number of nitrogens with two attached hydrogens (primary N) is 1. The van der Waals surface area contributed by atoms with Crippen LogP contribution in [0.2, 0.25) is 0 Å². The number of hydrogen-bond acceptors (Lipinski definition) is 5. The molecular formula is C11H22N2O4. The molecule has 17 heavy (non-hydrogen) atoms. The van der Waals surface area contributed by atoms with E-state index in [1.807, 2.05) is 6.92 Å². The maximum Gasteiger partial charge on any atom is 0.332 e. The van der Waals surface area contributed by atoms with Crippen LogP contribution in [0.25, 0.3) is 0 Å². The fraction of sp³-hybridized carbons (Fsp3) is 0.818. The molecule has 0 aromatic carbocycles. The van der Waals surface area contributed by atoms with E-state index in [1.165, 1.54) is 4.90 Å². The third-order valence-corrected chi connectivity index (χ3v) is 2.27. The minimum Gasteiger partial charge on any atom is -0.464 e. The van der Waals surface area contributed by atoms with Crippen molar-refractivity contribution in [2.75, 3.05) is 26.3 Å². The van der Waals surface area contributed by atoms with E-state index in [0.717, 1.165) is 12.8 Å². The first-order valence-electron chi connectivity index (χ1n) is 5.90. The third kappa shape index (κ3) is 5.65. The van der Waals surface area contributed by atoms with Crippen LogP contribution in [0, 0.1) is 0 Å². The van der Waals surface area contributed by atoms with Crippen molar-refractivity contribution in [1.29, 1.82) is 0 Å². The molecule has 0 heterocycles. The molecule has 6 heteroatoms. The van der Waals surface area contributed by atoms with E-state index in [9.17, 15) is 9.59 Å². The van der Waals surface area contributed by atoms with Gasteiger partial charge in [0.1, 0.15) is 0 Å². The van der Waals surface area contributed by atoms with E-state index in [-0.39, 0.29) is 19.8 Å². The molecule has 3 N–H and O–H groups in total. The van der Waals surface area contributed by atoms with Gasteiger partial charge in [0.2, 0.25) is 0 Å². The van der Waals surface area contributed by atoms with Gasteiger partial charge in [-0.25, -0.2) is 4.79 Å². The number of aliphatic hydroxyl groups is 1. The Kier molecular flexibility index (Phi) is 8.35. The van der Waals surface area contributed by atoms with Crippen LogP contribution in [0.15, 0.2) is 0 Å². The van der Waals surface area contributed by atoms with Crippen LogP contribution >= 0.6 is 0 Å². The molecule has 0 saturated heterocycles. The van der Waals surface area contributed by atoms with Crippen LogP contribution < -0.4 is 5.73 Å². The summed E-state index contributed by atoms with van der Waals surface area (Å²) in [6.45, 7) is 4.36. The van der Waals surface area contributed by atoms with E-state index in [0.29, 0.717) is 6.54 Å². The van der Waals surface area contributed by atoms with Gasteiger partial charge in [0.25, 0.3) is 5.91 Å². The summed E-state index contributed by atoms with van der Waals surface area (Å²) in [5.41, 5.74) is 5.50. The van der Waals surface area contributed by atoms with Crippen molar-refractivity contribution >= 4 is 11.9 Å². The van der Waals surface area contributed by atoms with Crippen LogP contribution in [0.1, 0.15) is 26.7 Å². The Morgan fingerprint density at radius 1 is 1.35 bits per heavy atom. The van der Waals surface area contributed by atoms with Crippen molar-refractivity contribution in [1.82, 2.24) is 4.90 Å². The first-order valence-corrected chi connectivity index (χ1v) is 5.90. The summed E-state index contributed by atoms with van der Waals surface area (Å²) in [6.07, 6.45) is 1.73. The Hall–Kier alpha value is -1.14. The third-order valence-electron chi connectivity index (χ3n) is 2.27. The largest absolute Gasteiger partial charge is 0.464 e. The van der Waals surface area contributed by atoms with E-state index >= 15 is 0 Å². The fourth-order valence-corrected chi connectivity index (χ4v) is 1.33. The molecule has 0 saturated carbocycles. The van der Waals surface area contributed by atoms with Gasteiger partial charge in [0.15, 0.2) is 6.04 Å². The molecular weight excluding hydrogens is 224 g/mol. The minimum absolute atomic E-state index is 0.148. The van der Waals surface area contributed by atoms with Gasteiger partial charge in [-0.3, -0.25) is 4.79 Å². The summed E-state index contributed by atoms with van der Waals surface area (Å²) in [7, 11) is 0. The quantitative estimate of drug-likeness (QED) is 0.445. The lowest BCUT2D eigenvalue weighted by Gasteiger charge is -2.23. The molecule has 1 amide bonds. The summed E-state index contributed by atoms with van der Waals surface area (Å²) in [5, 5.41) is 8.86. The average Bonchev–Trinajstić information content (AvgIpc) is 2.33. The number of aliphatic hydroxyl groups excluding tert-OH is 1. The molecule has 0 aliphatic rings. The molecule has 1 unspecified atom stereocenters. The van der Waals surface area contributed by atoms with Crippen molar-refractivity contribution in [3.8, 4) is 0 Å². The maximum atomic E-state index is 11.8. The molecule has 0 aromatic heterocycles. The summed E-state index contributed by atoms with van der Waals surface area (Å²) >= 11 is 0. The number of nitrogens with zero attached hydrogens (tertiary/aromatic N) is 1. The Bertz CT molecular complexity index is 246. The number of esters is 1. The molecule has 0 rings (SSSR count). The number of hydrogen-bond donors (Lipinski definition) is 2. The second-order valence-corrected chi connectivity index (χ2v) is 3.63. The summed E-state index contributed by atoms with van der Waals surface area (Å²) in [4.78, 5) is 24.5. The predicted octanol–water partition coefficient (Wildman–Crippen LogP) is -0.502. The number of unbranched alkanes of at least 4 members (excludes halogenated alkanes) is 1. The van der Waals surface area contributed by atoms with Crippen LogP contribution in [0.4, 0.5) is 0 Å². The SMILES string of the molecule is CCCCN(CCO)C(=O)C(N)C(=O)OCC. The second kappa shape index (κ2) is 8.95. The van der Waals surface area contributed by atoms with Crippen molar-refractivity contribution in [2.24, 2.45) is 5.73 Å². The normalized spacial score (nSPS) is 12.0. The van der Waals surface area contributed by atoms with Gasteiger partial charge in [-0.1, -0.05) is 13.3 Å². The minimum atomic E-state index is -1.29. The Morgan fingerprint density at radius 3 is 2.47 bits per heavy atom. The monoisotopic (exact) mass is 246 g/mol. The fourth-order valence-electron chi connectivity index (χ4n) is 1.33. The van der Waals surface area contributed by atoms with Gasteiger partial charge in [0.05, 0.1) is 13.2 Å². The van der Waals surface area contributed by atoms with Crippen LogP contribution in [-0.4, -0.2) is 54.2 Å². The highest BCUT2D eigenvalue weighted by Crippen LogP contribution is 1.99.